The van der Waals surface area contributed by atoms with Gasteiger partial charge in [0, 0.05) is 43.8 Å². The summed E-state index contributed by atoms with van der Waals surface area (Å²) in [7, 11) is -3.86. The Kier molecular flexibility index (Phi) is 6.32. The molecule has 0 radical (unpaired) electrons. The van der Waals surface area contributed by atoms with Crippen LogP contribution < -0.4 is 10.6 Å². The first kappa shape index (κ1) is 23.7. The van der Waals surface area contributed by atoms with E-state index < -0.39 is 33.4 Å². The summed E-state index contributed by atoms with van der Waals surface area (Å²) in [4.78, 5) is 13.3. The molecule has 2 atom stereocenters. The second kappa shape index (κ2) is 8.53. The molecule has 0 spiro atoms. The van der Waals surface area contributed by atoms with Gasteiger partial charge in [0.05, 0.1) is 0 Å². The van der Waals surface area contributed by atoms with Crippen LogP contribution in [0.1, 0.15) is 19.4 Å². The van der Waals surface area contributed by atoms with Gasteiger partial charge in [0.1, 0.15) is 16.8 Å². The summed E-state index contributed by atoms with van der Waals surface area (Å²) in [6, 6.07) is 2.11. The quantitative estimate of drug-likeness (QED) is 0.637. The number of nitrogens with zero attached hydrogens (tertiary/aromatic N) is 5. The fourth-order valence-electron chi connectivity index (χ4n) is 3.08. The average molecular weight is 470 g/mol. The van der Waals surface area contributed by atoms with Crippen molar-refractivity contribution in [3.8, 4) is 11.8 Å². The highest BCUT2D eigenvalue weighted by atomic mass is 32.2. The summed E-state index contributed by atoms with van der Waals surface area (Å²) in [5.74, 6) is 5.88. The molecule has 0 bridgehead atoms. The third kappa shape index (κ3) is 4.47. The van der Waals surface area contributed by atoms with Crippen LogP contribution in [0.4, 0.5) is 24.9 Å². The summed E-state index contributed by atoms with van der Waals surface area (Å²) in [6.45, 7) is 2.40. The molecule has 9 nitrogen and oxygen atoms in total. The van der Waals surface area contributed by atoms with Gasteiger partial charge >= 0.3 is 6.18 Å². The standard InChI is InChI=1S/C19H21F3N6O3S/c1-3-4-14-12-27(32(30,31)15-5-6-16(23)24-11-15)7-8-28(14)17-25-9-13(10-26-17)18(2,29)19(20,21)22/h5-6,9-11,14,29H,7-8,12H2,1-2H3,(H2,23,24)/t14-,18?/m0/s1. The first-order valence-corrected chi connectivity index (χ1v) is 10.8. The van der Waals surface area contributed by atoms with Gasteiger partial charge < -0.3 is 15.7 Å². The fraction of sp³-hybridized carbons (Fsp3) is 0.421. The Morgan fingerprint density at radius 3 is 2.34 bits per heavy atom. The van der Waals surface area contributed by atoms with Gasteiger partial charge in [-0.2, -0.15) is 17.5 Å². The zero-order valence-electron chi connectivity index (χ0n) is 17.2. The fourth-order valence-corrected chi connectivity index (χ4v) is 4.47. The summed E-state index contributed by atoms with van der Waals surface area (Å²) < 4.78 is 66.3. The molecule has 32 heavy (non-hydrogen) atoms. The number of pyridine rings is 1. The normalized spacial score (nSPS) is 19.7. The minimum Gasteiger partial charge on any atom is -0.384 e. The third-order valence-corrected chi connectivity index (χ3v) is 6.91. The maximum atomic E-state index is 13.0. The Bertz CT molecular complexity index is 1130. The van der Waals surface area contributed by atoms with E-state index in [1.807, 2.05) is 0 Å². The largest absolute Gasteiger partial charge is 0.421 e. The predicted molar refractivity (Wildman–Crippen MR) is 110 cm³/mol. The highest BCUT2D eigenvalue weighted by Crippen LogP contribution is 2.38. The topological polar surface area (TPSA) is 126 Å². The molecule has 1 aliphatic heterocycles. The lowest BCUT2D eigenvalue weighted by atomic mass is 9.99. The van der Waals surface area contributed by atoms with Crippen LogP contribution in [-0.4, -0.2) is 64.6 Å². The number of hydrogen-bond acceptors (Lipinski definition) is 8. The number of halogens is 3. The Labute approximate surface area is 183 Å². The predicted octanol–water partition coefficient (Wildman–Crippen LogP) is 1.13. The van der Waals surface area contributed by atoms with Gasteiger partial charge in [0.25, 0.3) is 0 Å². The Hall–Kier alpha value is -2.95. The monoisotopic (exact) mass is 470 g/mol. The number of aliphatic hydroxyl groups is 1. The van der Waals surface area contributed by atoms with Gasteiger partial charge in [-0.25, -0.2) is 23.4 Å². The minimum atomic E-state index is -4.90. The molecule has 0 aliphatic carbocycles. The number of piperazine rings is 1. The molecule has 3 heterocycles. The van der Waals surface area contributed by atoms with Crippen molar-refractivity contribution in [3.63, 3.8) is 0 Å². The van der Waals surface area contributed by atoms with E-state index in [9.17, 15) is 26.7 Å². The van der Waals surface area contributed by atoms with Crippen molar-refractivity contribution < 1.29 is 26.7 Å². The number of aromatic nitrogens is 3. The molecular weight excluding hydrogens is 449 g/mol. The molecule has 0 saturated carbocycles. The highest BCUT2D eigenvalue weighted by molar-refractivity contribution is 7.89. The van der Waals surface area contributed by atoms with Crippen molar-refractivity contribution >= 4 is 21.8 Å². The number of alkyl halides is 3. The van der Waals surface area contributed by atoms with Gasteiger partial charge in [0.2, 0.25) is 16.0 Å². The summed E-state index contributed by atoms with van der Waals surface area (Å²) >= 11 is 0. The lowest BCUT2D eigenvalue weighted by Gasteiger charge is -2.38. The maximum Gasteiger partial charge on any atom is 0.421 e. The molecule has 1 fully saturated rings. The molecule has 0 amide bonds. The molecule has 3 rings (SSSR count). The molecule has 2 aromatic rings. The number of sulfonamides is 1. The van der Waals surface area contributed by atoms with Crippen LogP contribution >= 0.6 is 0 Å². The van der Waals surface area contributed by atoms with E-state index in [1.165, 1.54) is 22.6 Å². The lowest BCUT2D eigenvalue weighted by molar-refractivity contribution is -0.259. The number of anilines is 2. The molecular formula is C19H21F3N6O3S. The molecule has 1 saturated heterocycles. The van der Waals surface area contributed by atoms with E-state index in [1.54, 1.807) is 11.8 Å². The van der Waals surface area contributed by atoms with Crippen LogP contribution in [0.3, 0.4) is 0 Å². The van der Waals surface area contributed by atoms with Crippen LogP contribution in [0, 0.1) is 11.8 Å². The van der Waals surface area contributed by atoms with E-state index in [4.69, 9.17) is 5.73 Å². The number of nitrogen functional groups attached to an aromatic ring is 1. The zero-order valence-corrected chi connectivity index (χ0v) is 18.0. The van der Waals surface area contributed by atoms with Gasteiger partial charge in [-0.05, 0) is 26.0 Å². The van der Waals surface area contributed by atoms with Gasteiger partial charge in [-0.3, -0.25) is 0 Å². The minimum absolute atomic E-state index is 0.0150. The first-order valence-electron chi connectivity index (χ1n) is 9.40. The molecule has 2 aromatic heterocycles. The summed E-state index contributed by atoms with van der Waals surface area (Å²) in [5.41, 5.74) is 1.90. The summed E-state index contributed by atoms with van der Waals surface area (Å²) in [5, 5.41) is 9.78. The van der Waals surface area contributed by atoms with Crippen molar-refractivity contribution in [1.29, 1.82) is 0 Å². The van der Waals surface area contributed by atoms with Crippen molar-refractivity contribution in [1.82, 2.24) is 19.3 Å². The Balaban J connectivity index is 1.84. The second-order valence-corrected chi connectivity index (χ2v) is 9.16. The van der Waals surface area contributed by atoms with Gasteiger partial charge in [0.15, 0.2) is 5.60 Å². The number of rotatable bonds is 4. The Morgan fingerprint density at radius 2 is 1.81 bits per heavy atom. The molecule has 1 unspecified atom stereocenters. The number of nitrogens with two attached hydrogens (primary N) is 1. The third-order valence-electron chi connectivity index (χ3n) is 5.06. The van der Waals surface area contributed by atoms with Crippen LogP contribution in [0.5, 0.6) is 0 Å². The maximum absolute atomic E-state index is 13.0. The molecule has 13 heteroatoms. The SMILES string of the molecule is CC#C[C@H]1CN(S(=O)(=O)c2ccc(N)nc2)CCN1c1ncc(C(C)(O)C(F)(F)F)cn1. The summed E-state index contributed by atoms with van der Waals surface area (Å²) in [6.07, 6.45) is -1.93. The second-order valence-electron chi connectivity index (χ2n) is 7.23. The van der Waals surface area contributed by atoms with Crippen molar-refractivity contribution in [2.75, 3.05) is 30.3 Å². The average Bonchev–Trinajstić information content (AvgIpc) is 2.73. The molecule has 3 N–H and O–H groups in total. The van der Waals surface area contributed by atoms with Crippen LogP contribution in [0.25, 0.3) is 0 Å². The first-order chi connectivity index (χ1) is 14.9. The Morgan fingerprint density at radius 1 is 1.16 bits per heavy atom. The van der Waals surface area contributed by atoms with Gasteiger partial charge in [-0.1, -0.05) is 5.92 Å². The van der Waals surface area contributed by atoms with Gasteiger partial charge in [-0.15, -0.1) is 5.92 Å². The number of hydrogen-bond donors (Lipinski definition) is 2. The van der Waals surface area contributed by atoms with Crippen molar-refractivity contribution in [2.24, 2.45) is 0 Å². The lowest BCUT2D eigenvalue weighted by Crippen LogP contribution is -2.54. The highest BCUT2D eigenvalue weighted by Gasteiger charge is 2.51. The van der Waals surface area contributed by atoms with Crippen LogP contribution in [0.15, 0.2) is 35.6 Å². The van der Waals surface area contributed by atoms with Crippen LogP contribution in [-0.2, 0) is 15.6 Å². The van der Waals surface area contributed by atoms with Crippen molar-refractivity contribution in [2.45, 2.75) is 36.6 Å². The molecule has 0 aromatic carbocycles. The molecule has 1 aliphatic rings. The zero-order chi connectivity index (χ0) is 23.7. The van der Waals surface area contributed by atoms with Crippen molar-refractivity contribution in [3.05, 3.63) is 36.3 Å². The van der Waals surface area contributed by atoms with E-state index in [-0.39, 0.29) is 36.3 Å². The van der Waals surface area contributed by atoms with E-state index in [0.29, 0.717) is 6.92 Å². The smallest absolute Gasteiger partial charge is 0.384 e. The van der Waals surface area contributed by atoms with E-state index in [0.717, 1.165) is 12.4 Å². The van der Waals surface area contributed by atoms with Crippen LogP contribution in [0.2, 0.25) is 0 Å². The van der Waals surface area contributed by atoms with E-state index >= 15 is 0 Å². The van der Waals surface area contributed by atoms with E-state index in [2.05, 4.69) is 26.8 Å². The molecule has 172 valence electrons.